The van der Waals surface area contributed by atoms with Crippen LogP contribution in [0.15, 0.2) is 29.2 Å². The Bertz CT molecular complexity index is 718. The van der Waals surface area contributed by atoms with Crippen molar-refractivity contribution in [1.82, 2.24) is 5.32 Å². The van der Waals surface area contributed by atoms with Gasteiger partial charge in [-0.3, -0.25) is 0 Å². The molecular weight excluding hydrogens is 318 g/mol. The van der Waals surface area contributed by atoms with E-state index >= 15 is 0 Å². The predicted octanol–water partition coefficient (Wildman–Crippen LogP) is 2.00. The molecular formula is C16H21NO5S. The quantitative estimate of drug-likeness (QED) is 0.848. The smallest absolute Gasteiger partial charge is 0.408 e. The van der Waals surface area contributed by atoms with E-state index < -0.39 is 32.3 Å². The fourth-order valence-corrected chi connectivity index (χ4v) is 4.31. The maximum atomic E-state index is 12.6. The van der Waals surface area contributed by atoms with Gasteiger partial charge in [0.25, 0.3) is 0 Å². The van der Waals surface area contributed by atoms with Crippen molar-refractivity contribution < 1.29 is 22.7 Å². The first-order valence-corrected chi connectivity index (χ1v) is 8.83. The van der Waals surface area contributed by atoms with Crippen LogP contribution in [-0.4, -0.2) is 37.2 Å². The van der Waals surface area contributed by atoms with Gasteiger partial charge in [0.2, 0.25) is 0 Å². The SMILES string of the molecule is Cc1ccc(S(=O)(=O)[C@@H]2C[C@]2(C=O)NC(=O)OC(C)(C)C)cc1. The van der Waals surface area contributed by atoms with Crippen LogP contribution in [0.25, 0.3) is 0 Å². The van der Waals surface area contributed by atoms with Crippen LogP contribution in [0.2, 0.25) is 0 Å². The molecule has 1 aliphatic rings. The molecule has 1 aromatic rings. The summed E-state index contributed by atoms with van der Waals surface area (Å²) in [4.78, 5) is 23.4. The molecule has 0 aromatic heterocycles. The lowest BCUT2D eigenvalue weighted by Gasteiger charge is -2.21. The summed E-state index contributed by atoms with van der Waals surface area (Å²) in [5.41, 5.74) is -1.20. The molecule has 1 aromatic carbocycles. The van der Waals surface area contributed by atoms with Gasteiger partial charge in [-0.1, -0.05) is 17.7 Å². The number of carbonyl (C=O) groups is 2. The molecule has 2 rings (SSSR count). The minimum atomic E-state index is -3.69. The molecule has 1 fully saturated rings. The van der Waals surface area contributed by atoms with Gasteiger partial charge >= 0.3 is 6.09 Å². The number of ether oxygens (including phenoxy) is 1. The zero-order valence-electron chi connectivity index (χ0n) is 13.6. The molecule has 1 N–H and O–H groups in total. The number of benzene rings is 1. The Labute approximate surface area is 136 Å². The fraction of sp³-hybridized carbons (Fsp3) is 0.500. The number of aldehydes is 1. The number of sulfone groups is 1. The standard InChI is InChI=1S/C16H21NO5S/c1-11-5-7-12(8-6-11)23(20,21)13-9-16(13,10-18)17-14(19)22-15(2,3)4/h5-8,10,13H,9H2,1-4H3,(H,17,19)/t13-,16-/m1/s1. The highest BCUT2D eigenvalue weighted by atomic mass is 32.2. The van der Waals surface area contributed by atoms with Crippen LogP contribution in [0.3, 0.4) is 0 Å². The highest BCUT2D eigenvalue weighted by molar-refractivity contribution is 7.92. The molecule has 2 atom stereocenters. The van der Waals surface area contributed by atoms with Crippen molar-refractivity contribution in [2.24, 2.45) is 0 Å². The molecule has 6 nitrogen and oxygen atoms in total. The highest BCUT2D eigenvalue weighted by Crippen LogP contribution is 2.43. The minimum absolute atomic E-state index is 0.0476. The predicted molar refractivity (Wildman–Crippen MR) is 84.9 cm³/mol. The zero-order chi connectivity index (χ0) is 17.5. The molecule has 0 radical (unpaired) electrons. The molecule has 126 valence electrons. The second kappa shape index (κ2) is 5.63. The molecule has 0 unspecified atom stereocenters. The van der Waals surface area contributed by atoms with Gasteiger partial charge in [-0.05, 0) is 46.2 Å². The number of alkyl carbamates (subject to hydrolysis) is 1. The van der Waals surface area contributed by atoms with Crippen molar-refractivity contribution in [1.29, 1.82) is 0 Å². The first-order chi connectivity index (χ1) is 10.5. The molecule has 1 aliphatic carbocycles. The van der Waals surface area contributed by atoms with E-state index in [1.165, 1.54) is 12.1 Å². The number of aryl methyl sites for hydroxylation is 1. The number of rotatable bonds is 4. The van der Waals surface area contributed by atoms with Crippen LogP contribution in [0, 0.1) is 6.92 Å². The van der Waals surface area contributed by atoms with Crippen LogP contribution in [0.1, 0.15) is 32.8 Å². The van der Waals surface area contributed by atoms with E-state index in [1.807, 2.05) is 6.92 Å². The third-order valence-corrected chi connectivity index (χ3v) is 5.87. The second-order valence-electron chi connectivity index (χ2n) is 6.84. The van der Waals surface area contributed by atoms with E-state index in [2.05, 4.69) is 5.32 Å². The van der Waals surface area contributed by atoms with Crippen molar-refractivity contribution in [3.63, 3.8) is 0 Å². The molecule has 0 heterocycles. The van der Waals surface area contributed by atoms with E-state index in [9.17, 15) is 18.0 Å². The minimum Gasteiger partial charge on any atom is -0.444 e. The molecule has 0 bridgehead atoms. The molecule has 0 spiro atoms. The van der Waals surface area contributed by atoms with Gasteiger partial charge in [0.05, 0.1) is 10.1 Å². The first kappa shape index (κ1) is 17.5. The summed E-state index contributed by atoms with van der Waals surface area (Å²) in [6.07, 6.45) is -0.273. The summed E-state index contributed by atoms with van der Waals surface area (Å²) < 4.78 is 30.3. The Balaban J connectivity index is 2.18. The van der Waals surface area contributed by atoms with Gasteiger partial charge in [0.15, 0.2) is 9.84 Å². The van der Waals surface area contributed by atoms with E-state index in [1.54, 1.807) is 32.9 Å². The third-order valence-electron chi connectivity index (χ3n) is 3.61. The monoisotopic (exact) mass is 339 g/mol. The van der Waals surface area contributed by atoms with Crippen LogP contribution in [0.4, 0.5) is 4.79 Å². The van der Waals surface area contributed by atoms with Crippen molar-refractivity contribution in [3.05, 3.63) is 29.8 Å². The number of hydrogen-bond acceptors (Lipinski definition) is 5. The van der Waals surface area contributed by atoms with Crippen LogP contribution in [0.5, 0.6) is 0 Å². The van der Waals surface area contributed by atoms with Gasteiger partial charge in [0, 0.05) is 0 Å². The summed E-state index contributed by atoms with van der Waals surface area (Å²) in [5, 5.41) is 1.43. The Hall–Kier alpha value is -1.89. The normalized spacial score (nSPS) is 23.9. The molecule has 1 amide bonds. The largest absolute Gasteiger partial charge is 0.444 e. The number of nitrogens with one attached hydrogen (secondary N) is 1. The average Bonchev–Trinajstić information content (AvgIpc) is 3.12. The Morgan fingerprint density at radius 3 is 2.35 bits per heavy atom. The topological polar surface area (TPSA) is 89.5 Å². The summed E-state index contributed by atoms with van der Waals surface area (Å²) in [7, 11) is -3.69. The van der Waals surface area contributed by atoms with Gasteiger partial charge < -0.3 is 14.8 Å². The van der Waals surface area contributed by atoms with Crippen LogP contribution < -0.4 is 5.32 Å². The Morgan fingerprint density at radius 1 is 1.30 bits per heavy atom. The molecule has 23 heavy (non-hydrogen) atoms. The average molecular weight is 339 g/mol. The lowest BCUT2D eigenvalue weighted by atomic mass is 10.2. The molecule has 1 saturated carbocycles. The number of carbonyl (C=O) groups excluding carboxylic acids is 2. The van der Waals surface area contributed by atoms with Gasteiger partial charge in [-0.25, -0.2) is 13.2 Å². The van der Waals surface area contributed by atoms with E-state index in [4.69, 9.17) is 4.74 Å². The maximum Gasteiger partial charge on any atom is 0.408 e. The lowest BCUT2D eigenvalue weighted by Crippen LogP contribution is -2.45. The van der Waals surface area contributed by atoms with Gasteiger partial charge in [-0.2, -0.15) is 0 Å². The van der Waals surface area contributed by atoms with Crippen molar-refractivity contribution in [3.8, 4) is 0 Å². The van der Waals surface area contributed by atoms with Crippen molar-refractivity contribution >= 4 is 22.2 Å². The fourth-order valence-electron chi connectivity index (χ4n) is 2.31. The summed E-state index contributed by atoms with van der Waals surface area (Å²) in [5.74, 6) is 0. The van der Waals surface area contributed by atoms with E-state index in [-0.39, 0.29) is 11.3 Å². The Kier molecular flexibility index (Phi) is 4.28. The number of hydrogen-bond donors (Lipinski definition) is 1. The van der Waals surface area contributed by atoms with Crippen LogP contribution in [-0.2, 0) is 19.4 Å². The lowest BCUT2D eigenvalue weighted by molar-refractivity contribution is -0.110. The number of amides is 1. The van der Waals surface area contributed by atoms with Crippen molar-refractivity contribution in [2.45, 2.75) is 55.4 Å². The van der Waals surface area contributed by atoms with E-state index in [0.717, 1.165) is 5.56 Å². The molecule has 0 aliphatic heterocycles. The summed E-state index contributed by atoms with van der Waals surface area (Å²) in [6, 6.07) is 6.40. The van der Waals surface area contributed by atoms with Gasteiger partial charge in [0.1, 0.15) is 17.4 Å². The van der Waals surface area contributed by atoms with Gasteiger partial charge in [-0.15, -0.1) is 0 Å². The first-order valence-electron chi connectivity index (χ1n) is 7.28. The maximum absolute atomic E-state index is 12.6. The highest BCUT2D eigenvalue weighted by Gasteiger charge is 2.63. The Morgan fingerprint density at radius 2 is 1.87 bits per heavy atom. The zero-order valence-corrected chi connectivity index (χ0v) is 14.4. The summed E-state index contributed by atoms with van der Waals surface area (Å²) >= 11 is 0. The molecule has 0 saturated heterocycles. The second-order valence-corrected chi connectivity index (χ2v) is 8.97. The summed E-state index contributed by atoms with van der Waals surface area (Å²) in [6.45, 7) is 6.92. The van der Waals surface area contributed by atoms with E-state index in [0.29, 0.717) is 6.29 Å². The third kappa shape index (κ3) is 3.72. The molecule has 7 heteroatoms. The van der Waals surface area contributed by atoms with Crippen LogP contribution >= 0.6 is 0 Å². The van der Waals surface area contributed by atoms with Crippen molar-refractivity contribution in [2.75, 3.05) is 0 Å².